The predicted molar refractivity (Wildman–Crippen MR) is 97.1 cm³/mol. The number of aliphatic hydroxyl groups is 1. The fourth-order valence-electron chi connectivity index (χ4n) is 3.76. The molecule has 1 heterocycles. The average Bonchev–Trinajstić information content (AvgIpc) is 2.30. The molecule has 1 rings (SSSR count). The van der Waals surface area contributed by atoms with E-state index in [2.05, 4.69) is 5.32 Å². The van der Waals surface area contributed by atoms with E-state index in [1.807, 2.05) is 32.8 Å². The largest absolute Gasteiger partial charge is 1.00 e. The number of hydrogen-bond acceptors (Lipinski definition) is 7. The van der Waals surface area contributed by atoms with Crippen molar-refractivity contribution in [2.24, 2.45) is 5.92 Å². The van der Waals surface area contributed by atoms with E-state index in [9.17, 15) is 22.9 Å². The number of nitrogens with zero attached hydrogens (tertiary/aromatic N) is 1. The molecule has 0 aromatic carbocycles. The molecule has 2 N–H and O–H groups in total. The molecule has 10 heteroatoms. The Kier molecular flexibility index (Phi) is 9.47. The summed E-state index contributed by atoms with van der Waals surface area (Å²) in [7, 11) is -4.45. The van der Waals surface area contributed by atoms with Crippen LogP contribution in [0, 0.1) is 5.92 Å². The van der Waals surface area contributed by atoms with Gasteiger partial charge in [-0.1, -0.05) is 6.92 Å². The van der Waals surface area contributed by atoms with E-state index >= 15 is 0 Å². The Bertz CT molecular complexity index is 603. The number of amides is 1. The van der Waals surface area contributed by atoms with E-state index < -0.39 is 44.5 Å². The first-order valence-electron chi connectivity index (χ1n) is 8.82. The van der Waals surface area contributed by atoms with Gasteiger partial charge in [0.05, 0.1) is 34.5 Å². The molecule has 0 aromatic heterocycles. The molecular weight excluding hydrogens is 383 g/mol. The van der Waals surface area contributed by atoms with Crippen molar-refractivity contribution in [2.45, 2.75) is 84.0 Å². The van der Waals surface area contributed by atoms with Gasteiger partial charge in [-0.05, 0) is 54.4 Å². The van der Waals surface area contributed by atoms with Gasteiger partial charge in [0.25, 0.3) is 0 Å². The zero-order valence-corrected chi connectivity index (χ0v) is 20.6. The average molecular weight is 417 g/mol. The topological polar surface area (TPSA) is 119 Å². The van der Waals surface area contributed by atoms with Crippen LogP contribution < -0.4 is 34.9 Å². The van der Waals surface area contributed by atoms with Crippen LogP contribution in [0.1, 0.15) is 61.3 Å². The van der Waals surface area contributed by atoms with Gasteiger partial charge < -0.3 is 15.0 Å². The summed E-state index contributed by atoms with van der Waals surface area (Å²) in [5, 5.41) is 14.5. The minimum Gasteiger partial charge on any atom is -0.748 e. The van der Waals surface area contributed by atoms with Crippen molar-refractivity contribution in [3.05, 3.63) is 0 Å². The smallest absolute Gasteiger partial charge is 0.748 e. The normalized spacial score (nSPS) is 22.0. The van der Waals surface area contributed by atoms with Crippen LogP contribution in [0.25, 0.3) is 0 Å². The van der Waals surface area contributed by atoms with Crippen molar-refractivity contribution in [1.82, 2.24) is 10.4 Å². The zero-order valence-electron chi connectivity index (χ0n) is 17.8. The summed E-state index contributed by atoms with van der Waals surface area (Å²) in [6.07, 6.45) is 0.715. The van der Waals surface area contributed by atoms with Crippen LogP contribution in [-0.4, -0.2) is 64.1 Å². The van der Waals surface area contributed by atoms with Crippen molar-refractivity contribution < 1.29 is 57.3 Å². The third-order valence-electron chi connectivity index (χ3n) is 4.47. The van der Waals surface area contributed by atoms with Crippen LogP contribution in [0.15, 0.2) is 0 Å². The van der Waals surface area contributed by atoms with Gasteiger partial charge >= 0.3 is 29.6 Å². The first-order valence-corrected chi connectivity index (χ1v) is 10.4. The number of piperidine rings is 1. The quantitative estimate of drug-likeness (QED) is 0.364. The third-order valence-corrected chi connectivity index (χ3v) is 5.55. The molecule has 1 aliphatic heterocycles. The van der Waals surface area contributed by atoms with Crippen molar-refractivity contribution in [1.29, 1.82) is 0 Å². The third kappa shape index (κ3) is 8.65. The van der Waals surface area contributed by atoms with Gasteiger partial charge in [-0.25, -0.2) is 8.42 Å². The van der Waals surface area contributed by atoms with Crippen LogP contribution in [0.5, 0.6) is 0 Å². The maximum Gasteiger partial charge on any atom is 1.00 e. The first kappa shape index (κ1) is 27.3. The van der Waals surface area contributed by atoms with E-state index in [-0.39, 0.29) is 42.1 Å². The molecule has 8 nitrogen and oxygen atoms in total. The maximum atomic E-state index is 12.3. The Labute approximate surface area is 185 Å². The standard InChI is InChI=1S/C17H34N2O6S.Na/c1-12(14(21)18-15(2,3)11-26(22,23)24)10-25-19-16(4,5)8-13(20)9-17(19,6)7;/h12-13,20H,8-11H2,1-7H3,(H,18,21)(H,22,23,24);/q;+1/p-1. The molecule has 1 unspecified atom stereocenters. The van der Waals surface area contributed by atoms with Crippen molar-refractivity contribution in [3.63, 3.8) is 0 Å². The summed E-state index contributed by atoms with van der Waals surface area (Å²) >= 11 is 0. The Balaban J connectivity index is 0.00000676. The van der Waals surface area contributed by atoms with E-state index in [1.165, 1.54) is 13.8 Å². The molecule has 0 spiro atoms. The van der Waals surface area contributed by atoms with Gasteiger partial charge in [-0.3, -0.25) is 9.63 Å². The van der Waals surface area contributed by atoms with Crippen molar-refractivity contribution >= 4 is 16.0 Å². The minimum absolute atomic E-state index is 0. The SMILES string of the molecule is CC(CON1C(C)(C)CC(O)CC1(C)C)C(=O)NC(C)(C)CS(=O)(=O)[O-].[Na+]. The molecule has 27 heavy (non-hydrogen) atoms. The number of hydrogen-bond donors (Lipinski definition) is 2. The Morgan fingerprint density at radius 1 is 1.30 bits per heavy atom. The second-order valence-corrected chi connectivity index (χ2v) is 10.7. The molecule has 1 saturated heterocycles. The van der Waals surface area contributed by atoms with Crippen molar-refractivity contribution in [3.8, 4) is 0 Å². The second kappa shape index (κ2) is 9.38. The molecule has 1 amide bonds. The fourth-order valence-corrected chi connectivity index (χ4v) is 4.71. The minimum atomic E-state index is -4.45. The Morgan fingerprint density at radius 2 is 1.74 bits per heavy atom. The van der Waals surface area contributed by atoms with Gasteiger partial charge in [0.15, 0.2) is 0 Å². The van der Waals surface area contributed by atoms with Crippen LogP contribution in [0.2, 0.25) is 0 Å². The molecule has 0 radical (unpaired) electrons. The van der Waals surface area contributed by atoms with E-state index in [0.29, 0.717) is 12.8 Å². The van der Waals surface area contributed by atoms with E-state index in [1.54, 1.807) is 6.92 Å². The van der Waals surface area contributed by atoms with Crippen LogP contribution in [0.3, 0.4) is 0 Å². The second-order valence-electron chi connectivity index (χ2n) is 9.25. The number of nitrogens with one attached hydrogen (secondary N) is 1. The molecule has 0 bridgehead atoms. The van der Waals surface area contributed by atoms with Crippen molar-refractivity contribution in [2.75, 3.05) is 12.4 Å². The molecule has 1 fully saturated rings. The number of carbonyl (C=O) groups is 1. The molecule has 0 saturated carbocycles. The summed E-state index contributed by atoms with van der Waals surface area (Å²) in [5.74, 6) is -1.60. The number of hydroxylamine groups is 2. The van der Waals surface area contributed by atoms with Crippen LogP contribution in [0.4, 0.5) is 0 Å². The van der Waals surface area contributed by atoms with Gasteiger partial charge in [0.1, 0.15) is 0 Å². The molecule has 0 aliphatic carbocycles. The molecule has 154 valence electrons. The molecular formula is C17H33N2NaO6S. The van der Waals surface area contributed by atoms with Gasteiger partial charge in [0.2, 0.25) is 5.91 Å². The summed E-state index contributed by atoms with van der Waals surface area (Å²) in [6.45, 7) is 12.7. The number of aliphatic hydroxyl groups excluding tert-OH is 1. The van der Waals surface area contributed by atoms with Crippen LogP contribution in [-0.2, 0) is 19.8 Å². The molecule has 1 atom stereocenters. The summed E-state index contributed by atoms with van der Waals surface area (Å²) in [5.41, 5.74) is -1.94. The number of carbonyl (C=O) groups excluding carboxylic acids is 1. The Morgan fingerprint density at radius 3 is 2.15 bits per heavy atom. The first-order chi connectivity index (χ1) is 11.5. The molecule has 0 aromatic rings. The maximum absolute atomic E-state index is 12.3. The monoisotopic (exact) mass is 416 g/mol. The van der Waals surface area contributed by atoms with Gasteiger partial charge in [0, 0.05) is 16.6 Å². The number of rotatable bonds is 7. The Hall–Kier alpha value is 0.260. The zero-order chi connectivity index (χ0) is 20.6. The van der Waals surface area contributed by atoms with Crippen LogP contribution >= 0.6 is 0 Å². The van der Waals surface area contributed by atoms with E-state index in [4.69, 9.17) is 4.84 Å². The molecule has 1 aliphatic rings. The predicted octanol–water partition coefficient (Wildman–Crippen LogP) is -1.99. The van der Waals surface area contributed by atoms with Gasteiger partial charge in [-0.15, -0.1) is 0 Å². The summed E-state index contributed by atoms with van der Waals surface area (Å²) in [4.78, 5) is 18.3. The van der Waals surface area contributed by atoms with E-state index in [0.717, 1.165) is 0 Å². The fraction of sp³-hybridized carbons (Fsp3) is 0.941. The summed E-state index contributed by atoms with van der Waals surface area (Å²) in [6, 6.07) is 0. The summed E-state index contributed by atoms with van der Waals surface area (Å²) < 4.78 is 32.8. The van der Waals surface area contributed by atoms with Gasteiger partial charge in [-0.2, -0.15) is 5.06 Å².